The molecular weight excluding hydrogens is 619 g/mol. The molecule has 8 aromatic rings. The Kier molecular flexibility index (Phi) is 5.50. The average Bonchev–Trinajstić information content (AvgIpc) is 3.81. The van der Waals surface area contributed by atoms with Crippen LogP contribution in [0.15, 0.2) is 162 Å². The average molecular weight is 644 g/mol. The fraction of sp³-hybridized carbons (Fsp3) is 0.0227. The maximum atomic E-state index is 6.95. The molecule has 1 aliphatic heterocycles. The minimum absolute atomic E-state index is 0.579. The van der Waals surface area contributed by atoms with Crippen LogP contribution < -0.4 is 9.47 Å². The SMILES string of the molecule is c1ccc(-c2nc(-c3ccccc3)nc(-c3ccc4c(c3)C3(C5=C(Oc6ccccc6O5)c5c3oc3ccccc53)c3ccccc3-4)n2)cc1. The first kappa shape index (κ1) is 27.2. The lowest BCUT2D eigenvalue weighted by molar-refractivity contribution is 0.306. The zero-order valence-corrected chi connectivity index (χ0v) is 26.5. The third-order valence-electron chi connectivity index (χ3n) is 9.99. The number of fused-ring (bicyclic) bond motifs is 12. The minimum atomic E-state index is -0.920. The molecule has 2 aliphatic carbocycles. The molecule has 1 unspecified atom stereocenters. The van der Waals surface area contributed by atoms with Crippen molar-refractivity contribution in [1.82, 2.24) is 15.0 Å². The Labute approximate surface area is 287 Å². The summed E-state index contributed by atoms with van der Waals surface area (Å²) in [6.07, 6.45) is 0. The highest BCUT2D eigenvalue weighted by molar-refractivity contribution is 6.01. The lowest BCUT2D eigenvalue weighted by Gasteiger charge is -2.31. The molecule has 234 valence electrons. The molecule has 0 saturated heterocycles. The molecule has 50 heavy (non-hydrogen) atoms. The number of rotatable bonds is 3. The van der Waals surface area contributed by atoms with Gasteiger partial charge < -0.3 is 13.9 Å². The third-order valence-corrected chi connectivity index (χ3v) is 9.99. The van der Waals surface area contributed by atoms with Gasteiger partial charge in [-0.05, 0) is 46.5 Å². The second kappa shape index (κ2) is 10.1. The Balaban J connectivity index is 1.20. The molecule has 0 radical (unpaired) electrons. The van der Waals surface area contributed by atoms with Crippen molar-refractivity contribution in [1.29, 1.82) is 0 Å². The lowest BCUT2D eigenvalue weighted by atomic mass is 9.75. The van der Waals surface area contributed by atoms with Crippen molar-refractivity contribution in [2.45, 2.75) is 5.41 Å². The molecular formula is C44H25N3O3. The van der Waals surface area contributed by atoms with E-state index in [1.54, 1.807) is 0 Å². The van der Waals surface area contributed by atoms with E-state index >= 15 is 0 Å². The normalized spacial score (nSPS) is 16.3. The van der Waals surface area contributed by atoms with Crippen LogP contribution in [-0.2, 0) is 5.41 Å². The molecule has 6 heteroatoms. The standard InChI is InChI=1S/C44H25N3O3/c1-3-13-26(14-4-1)41-45-42(27-15-5-2-6-16-27)47-43(46-41)28-23-24-30-29-17-7-9-19-32(29)44(33(30)25-28)39-37(31-18-8-10-20-34(31)49-39)38-40(44)50-36-22-12-11-21-35(36)48-38/h1-25H. The van der Waals surface area contributed by atoms with E-state index < -0.39 is 5.41 Å². The van der Waals surface area contributed by atoms with E-state index in [1.807, 2.05) is 103 Å². The lowest BCUT2D eigenvalue weighted by Crippen LogP contribution is -2.31. The monoisotopic (exact) mass is 643 g/mol. The summed E-state index contributed by atoms with van der Waals surface area (Å²) in [5.74, 6) is 5.30. The molecule has 3 aliphatic rings. The van der Waals surface area contributed by atoms with Gasteiger partial charge in [-0.15, -0.1) is 0 Å². The van der Waals surface area contributed by atoms with Gasteiger partial charge in [0.1, 0.15) is 16.8 Å². The Morgan fingerprint density at radius 1 is 0.460 bits per heavy atom. The molecule has 0 bridgehead atoms. The van der Waals surface area contributed by atoms with E-state index in [1.165, 1.54) is 0 Å². The van der Waals surface area contributed by atoms with Crippen molar-refractivity contribution in [2.75, 3.05) is 0 Å². The van der Waals surface area contributed by atoms with Crippen LogP contribution in [-0.4, -0.2) is 15.0 Å². The van der Waals surface area contributed by atoms with Gasteiger partial charge in [-0.1, -0.05) is 127 Å². The highest BCUT2D eigenvalue weighted by Gasteiger charge is 2.60. The number of hydrogen-bond acceptors (Lipinski definition) is 6. The van der Waals surface area contributed by atoms with Crippen LogP contribution in [0, 0.1) is 0 Å². The molecule has 2 aromatic heterocycles. The van der Waals surface area contributed by atoms with Crippen LogP contribution in [0.2, 0.25) is 0 Å². The number of aromatic nitrogens is 3. The second-order valence-electron chi connectivity index (χ2n) is 12.7. The van der Waals surface area contributed by atoms with E-state index in [9.17, 15) is 0 Å². The number of furan rings is 1. The maximum Gasteiger partial charge on any atom is 0.179 e. The molecule has 0 fully saturated rings. The zero-order valence-electron chi connectivity index (χ0n) is 26.5. The van der Waals surface area contributed by atoms with Crippen LogP contribution >= 0.6 is 0 Å². The number of allylic oxidation sites excluding steroid dienone is 1. The third kappa shape index (κ3) is 3.64. The summed E-state index contributed by atoms with van der Waals surface area (Å²) in [7, 11) is 0. The Hall–Kier alpha value is -6.79. The van der Waals surface area contributed by atoms with Crippen LogP contribution in [0.3, 0.4) is 0 Å². The van der Waals surface area contributed by atoms with Crippen molar-refractivity contribution in [3.8, 4) is 56.8 Å². The molecule has 0 N–H and O–H groups in total. The van der Waals surface area contributed by atoms with Crippen molar-refractivity contribution < 1.29 is 13.9 Å². The van der Waals surface area contributed by atoms with E-state index in [-0.39, 0.29) is 0 Å². The maximum absolute atomic E-state index is 6.95. The fourth-order valence-electron chi connectivity index (χ4n) is 7.83. The van der Waals surface area contributed by atoms with Gasteiger partial charge >= 0.3 is 0 Å². The predicted molar refractivity (Wildman–Crippen MR) is 192 cm³/mol. The van der Waals surface area contributed by atoms with Crippen LogP contribution in [0.4, 0.5) is 0 Å². The molecule has 11 rings (SSSR count). The van der Waals surface area contributed by atoms with Crippen molar-refractivity contribution in [2.24, 2.45) is 0 Å². The first-order valence-corrected chi connectivity index (χ1v) is 16.6. The number of benzene rings is 6. The van der Waals surface area contributed by atoms with Gasteiger partial charge in [0.25, 0.3) is 0 Å². The Morgan fingerprint density at radius 3 is 1.78 bits per heavy atom. The van der Waals surface area contributed by atoms with Crippen LogP contribution in [0.5, 0.6) is 11.5 Å². The number of nitrogens with zero attached hydrogens (tertiary/aromatic N) is 3. The number of para-hydroxylation sites is 3. The quantitative estimate of drug-likeness (QED) is 0.191. The van der Waals surface area contributed by atoms with Crippen molar-refractivity contribution in [3.05, 3.63) is 180 Å². The zero-order chi connectivity index (χ0) is 32.8. The largest absolute Gasteiger partial charge is 0.458 e. The number of ether oxygens (including phenoxy) is 2. The Bertz CT molecular complexity index is 2660. The molecule has 1 spiro atoms. The van der Waals surface area contributed by atoms with Gasteiger partial charge in [0.05, 0.1) is 5.56 Å². The molecule has 0 saturated carbocycles. The van der Waals surface area contributed by atoms with Gasteiger partial charge in [0.15, 0.2) is 40.5 Å². The summed E-state index contributed by atoms with van der Waals surface area (Å²) in [5.41, 5.74) is 7.78. The minimum Gasteiger partial charge on any atom is -0.458 e. The van der Waals surface area contributed by atoms with Gasteiger partial charge in [0.2, 0.25) is 0 Å². The second-order valence-corrected chi connectivity index (χ2v) is 12.7. The van der Waals surface area contributed by atoms with Crippen molar-refractivity contribution in [3.63, 3.8) is 0 Å². The molecule has 1 atom stereocenters. The number of hydrogen-bond donors (Lipinski definition) is 0. The summed E-state index contributed by atoms with van der Waals surface area (Å²) in [6.45, 7) is 0. The van der Waals surface area contributed by atoms with E-state index in [4.69, 9.17) is 28.8 Å². The smallest absolute Gasteiger partial charge is 0.179 e. The Morgan fingerprint density at radius 2 is 1.04 bits per heavy atom. The van der Waals surface area contributed by atoms with Gasteiger partial charge in [-0.3, -0.25) is 0 Å². The van der Waals surface area contributed by atoms with Gasteiger partial charge in [0, 0.05) is 22.1 Å². The van der Waals surface area contributed by atoms with E-state index in [2.05, 4.69) is 48.5 Å². The molecule has 3 heterocycles. The topological polar surface area (TPSA) is 70.3 Å². The first-order valence-electron chi connectivity index (χ1n) is 16.6. The highest BCUT2D eigenvalue weighted by Crippen LogP contribution is 2.65. The summed E-state index contributed by atoms with van der Waals surface area (Å²) in [4.78, 5) is 15.1. The van der Waals surface area contributed by atoms with Crippen LogP contribution in [0.25, 0.3) is 62.0 Å². The summed E-state index contributed by atoms with van der Waals surface area (Å²) in [5, 5.41) is 0.981. The van der Waals surface area contributed by atoms with Gasteiger partial charge in [-0.25, -0.2) is 15.0 Å². The van der Waals surface area contributed by atoms with Crippen LogP contribution in [0.1, 0.15) is 22.5 Å². The van der Waals surface area contributed by atoms with Crippen molar-refractivity contribution >= 4 is 16.7 Å². The summed E-state index contributed by atoms with van der Waals surface area (Å²) in [6, 6.07) is 51.0. The summed E-state index contributed by atoms with van der Waals surface area (Å²) < 4.78 is 20.6. The first-order chi connectivity index (χ1) is 24.8. The highest BCUT2D eigenvalue weighted by atomic mass is 16.6. The van der Waals surface area contributed by atoms with E-state index in [0.29, 0.717) is 40.5 Å². The molecule has 6 aromatic carbocycles. The molecule has 0 amide bonds. The predicted octanol–water partition coefficient (Wildman–Crippen LogP) is 10.1. The summed E-state index contributed by atoms with van der Waals surface area (Å²) >= 11 is 0. The van der Waals surface area contributed by atoms with E-state index in [0.717, 1.165) is 61.2 Å². The fourth-order valence-corrected chi connectivity index (χ4v) is 7.83. The molecule has 6 nitrogen and oxygen atoms in total. The van der Waals surface area contributed by atoms with Gasteiger partial charge in [-0.2, -0.15) is 0 Å².